The standard InChI is InChI=1S/C17H22N4O3/c1-19-17(5-8-18-19)14-6-9-20(10-7-14)11-12-24-16-4-2-3-15(13-16)21(22)23/h2-5,8,13-14H,6-7,9-12H2,1H3. The van der Waals surface area contributed by atoms with Gasteiger partial charge in [0.05, 0.1) is 11.0 Å². The second-order valence-corrected chi connectivity index (χ2v) is 6.10. The first-order valence-corrected chi connectivity index (χ1v) is 8.21. The van der Waals surface area contributed by atoms with Crippen LogP contribution < -0.4 is 4.74 Å². The lowest BCUT2D eigenvalue weighted by atomic mass is 9.93. The molecule has 0 atom stereocenters. The van der Waals surface area contributed by atoms with Gasteiger partial charge in [-0.2, -0.15) is 5.10 Å². The van der Waals surface area contributed by atoms with E-state index in [0.29, 0.717) is 18.3 Å². The first kappa shape index (κ1) is 16.4. The van der Waals surface area contributed by atoms with E-state index in [1.807, 2.05) is 17.9 Å². The van der Waals surface area contributed by atoms with Gasteiger partial charge in [-0.3, -0.25) is 19.7 Å². The zero-order chi connectivity index (χ0) is 16.9. The molecule has 0 N–H and O–H groups in total. The largest absolute Gasteiger partial charge is 0.492 e. The second kappa shape index (κ2) is 7.44. The number of hydrogen-bond acceptors (Lipinski definition) is 5. The van der Waals surface area contributed by atoms with Crippen LogP contribution in [-0.2, 0) is 7.05 Å². The first-order chi connectivity index (χ1) is 11.6. The van der Waals surface area contributed by atoms with Crippen LogP contribution in [0.2, 0.25) is 0 Å². The summed E-state index contributed by atoms with van der Waals surface area (Å²) in [7, 11) is 1.99. The number of hydrogen-bond donors (Lipinski definition) is 0. The fraction of sp³-hybridized carbons (Fsp3) is 0.471. The summed E-state index contributed by atoms with van der Waals surface area (Å²) >= 11 is 0. The van der Waals surface area contributed by atoms with Crippen molar-refractivity contribution < 1.29 is 9.66 Å². The molecule has 1 aromatic carbocycles. The molecule has 2 heterocycles. The van der Waals surface area contributed by atoms with Crippen LogP contribution in [0.5, 0.6) is 5.75 Å². The number of nitrogens with zero attached hydrogens (tertiary/aromatic N) is 4. The summed E-state index contributed by atoms with van der Waals surface area (Å²) in [6.07, 6.45) is 4.10. The van der Waals surface area contributed by atoms with Crippen LogP contribution in [0.25, 0.3) is 0 Å². The fourth-order valence-electron chi connectivity index (χ4n) is 3.22. The maximum atomic E-state index is 10.8. The number of piperidine rings is 1. The van der Waals surface area contributed by atoms with Gasteiger partial charge in [-0.15, -0.1) is 0 Å². The highest BCUT2D eigenvalue weighted by molar-refractivity contribution is 5.37. The lowest BCUT2D eigenvalue weighted by molar-refractivity contribution is -0.384. The van der Waals surface area contributed by atoms with Gasteiger partial charge >= 0.3 is 0 Å². The van der Waals surface area contributed by atoms with Gasteiger partial charge in [-0.05, 0) is 38.1 Å². The van der Waals surface area contributed by atoms with Crippen molar-refractivity contribution >= 4 is 5.69 Å². The van der Waals surface area contributed by atoms with Crippen LogP contribution in [0, 0.1) is 10.1 Å². The minimum Gasteiger partial charge on any atom is -0.492 e. The highest BCUT2D eigenvalue weighted by atomic mass is 16.6. The summed E-state index contributed by atoms with van der Waals surface area (Å²) in [5.41, 5.74) is 1.37. The molecule has 1 aromatic heterocycles. The van der Waals surface area contributed by atoms with Gasteiger partial charge in [0, 0.05) is 37.5 Å². The van der Waals surface area contributed by atoms with Crippen molar-refractivity contribution in [2.45, 2.75) is 18.8 Å². The first-order valence-electron chi connectivity index (χ1n) is 8.21. The zero-order valence-electron chi connectivity index (χ0n) is 13.8. The molecule has 7 heteroatoms. The van der Waals surface area contributed by atoms with Crippen molar-refractivity contribution in [3.05, 3.63) is 52.3 Å². The number of aryl methyl sites for hydroxylation is 1. The number of benzene rings is 1. The Morgan fingerprint density at radius 3 is 2.79 bits per heavy atom. The summed E-state index contributed by atoms with van der Waals surface area (Å²) in [6, 6.07) is 8.44. The summed E-state index contributed by atoms with van der Waals surface area (Å²) in [5, 5.41) is 15.0. The van der Waals surface area contributed by atoms with E-state index in [9.17, 15) is 10.1 Å². The summed E-state index contributed by atoms with van der Waals surface area (Å²) < 4.78 is 7.62. The summed E-state index contributed by atoms with van der Waals surface area (Å²) in [6.45, 7) is 3.45. The molecule has 7 nitrogen and oxygen atoms in total. The molecule has 128 valence electrons. The van der Waals surface area contributed by atoms with Crippen LogP contribution in [0.3, 0.4) is 0 Å². The predicted octanol–water partition coefficient (Wildman–Crippen LogP) is 2.59. The number of rotatable bonds is 6. The summed E-state index contributed by atoms with van der Waals surface area (Å²) in [4.78, 5) is 12.7. The van der Waals surface area contributed by atoms with Crippen molar-refractivity contribution in [1.29, 1.82) is 0 Å². The molecular formula is C17H22N4O3. The third-order valence-electron chi connectivity index (χ3n) is 4.57. The van der Waals surface area contributed by atoms with Gasteiger partial charge in [0.2, 0.25) is 0 Å². The molecule has 3 rings (SSSR count). The topological polar surface area (TPSA) is 73.4 Å². The van der Waals surface area contributed by atoms with Gasteiger partial charge in [-0.1, -0.05) is 6.07 Å². The maximum Gasteiger partial charge on any atom is 0.273 e. The van der Waals surface area contributed by atoms with Crippen molar-refractivity contribution in [2.24, 2.45) is 7.05 Å². The van der Waals surface area contributed by atoms with E-state index < -0.39 is 4.92 Å². The maximum absolute atomic E-state index is 10.8. The van der Waals surface area contributed by atoms with E-state index in [2.05, 4.69) is 16.1 Å². The monoisotopic (exact) mass is 330 g/mol. The number of aromatic nitrogens is 2. The number of likely N-dealkylation sites (tertiary alicyclic amines) is 1. The van der Waals surface area contributed by atoms with Gasteiger partial charge < -0.3 is 4.74 Å². The van der Waals surface area contributed by atoms with Gasteiger partial charge in [0.15, 0.2) is 0 Å². The van der Waals surface area contributed by atoms with Crippen LogP contribution in [0.4, 0.5) is 5.69 Å². The van der Waals surface area contributed by atoms with Crippen molar-refractivity contribution in [1.82, 2.24) is 14.7 Å². The Balaban J connectivity index is 1.43. The number of nitro groups is 1. The highest BCUT2D eigenvalue weighted by Crippen LogP contribution is 2.27. The van der Waals surface area contributed by atoms with E-state index in [1.165, 1.54) is 17.8 Å². The van der Waals surface area contributed by atoms with E-state index in [0.717, 1.165) is 32.5 Å². The quantitative estimate of drug-likeness (QED) is 0.601. The molecule has 1 saturated heterocycles. The van der Waals surface area contributed by atoms with E-state index in [4.69, 9.17) is 4.74 Å². The summed E-state index contributed by atoms with van der Waals surface area (Å²) in [5.74, 6) is 1.13. The molecule has 0 aliphatic carbocycles. The Hall–Kier alpha value is -2.41. The molecule has 0 radical (unpaired) electrons. The molecule has 1 aliphatic rings. The average Bonchev–Trinajstić information content (AvgIpc) is 3.02. The van der Waals surface area contributed by atoms with E-state index >= 15 is 0 Å². The van der Waals surface area contributed by atoms with Crippen molar-refractivity contribution in [2.75, 3.05) is 26.2 Å². The van der Waals surface area contributed by atoms with E-state index in [1.54, 1.807) is 12.1 Å². The molecule has 1 fully saturated rings. The highest BCUT2D eigenvalue weighted by Gasteiger charge is 2.22. The Bertz CT molecular complexity index is 693. The van der Waals surface area contributed by atoms with Crippen LogP contribution in [-0.4, -0.2) is 45.8 Å². The van der Waals surface area contributed by atoms with Crippen LogP contribution in [0.1, 0.15) is 24.5 Å². The Labute approximate surface area is 141 Å². The van der Waals surface area contributed by atoms with Crippen LogP contribution in [0.15, 0.2) is 36.5 Å². The number of ether oxygens (including phenoxy) is 1. The Kier molecular flexibility index (Phi) is 5.10. The predicted molar refractivity (Wildman–Crippen MR) is 90.2 cm³/mol. The second-order valence-electron chi connectivity index (χ2n) is 6.10. The van der Waals surface area contributed by atoms with Crippen molar-refractivity contribution in [3.8, 4) is 5.75 Å². The molecule has 0 bridgehead atoms. The lowest BCUT2D eigenvalue weighted by Gasteiger charge is -2.31. The Morgan fingerprint density at radius 1 is 1.33 bits per heavy atom. The molecular weight excluding hydrogens is 308 g/mol. The SMILES string of the molecule is Cn1nccc1C1CCN(CCOc2cccc([N+](=O)[O-])c2)CC1. The number of non-ortho nitro benzene ring substituents is 1. The molecule has 0 spiro atoms. The zero-order valence-corrected chi connectivity index (χ0v) is 13.8. The molecule has 0 unspecified atom stereocenters. The Morgan fingerprint density at radius 2 is 2.12 bits per heavy atom. The average molecular weight is 330 g/mol. The molecule has 24 heavy (non-hydrogen) atoms. The van der Waals surface area contributed by atoms with Crippen molar-refractivity contribution in [3.63, 3.8) is 0 Å². The third kappa shape index (κ3) is 3.91. The van der Waals surface area contributed by atoms with Gasteiger partial charge in [-0.25, -0.2) is 0 Å². The number of nitro benzene ring substituents is 1. The molecule has 1 aliphatic heterocycles. The molecule has 0 amide bonds. The minimum atomic E-state index is -0.407. The smallest absolute Gasteiger partial charge is 0.273 e. The fourth-order valence-corrected chi connectivity index (χ4v) is 3.22. The molecule has 2 aromatic rings. The molecule has 0 saturated carbocycles. The van der Waals surface area contributed by atoms with Gasteiger partial charge in [0.1, 0.15) is 12.4 Å². The lowest BCUT2D eigenvalue weighted by Crippen LogP contribution is -2.36. The third-order valence-corrected chi connectivity index (χ3v) is 4.57. The van der Waals surface area contributed by atoms with E-state index in [-0.39, 0.29) is 5.69 Å². The van der Waals surface area contributed by atoms with Crippen LogP contribution >= 0.6 is 0 Å². The normalized spacial score (nSPS) is 16.2. The minimum absolute atomic E-state index is 0.0597. The van der Waals surface area contributed by atoms with Gasteiger partial charge in [0.25, 0.3) is 5.69 Å².